The number of aryl methyl sites for hydroxylation is 1. The largest absolute Gasteiger partial charge is 0.355 e. The molecular weight excluding hydrogens is 426 g/mol. The zero-order chi connectivity index (χ0) is 22.7. The fourth-order valence-electron chi connectivity index (χ4n) is 3.98. The molecule has 0 saturated carbocycles. The fourth-order valence-corrected chi connectivity index (χ4v) is 5.74. The molecule has 0 bridgehead atoms. The van der Waals surface area contributed by atoms with Crippen molar-refractivity contribution >= 4 is 21.6 Å². The van der Waals surface area contributed by atoms with E-state index in [0.717, 1.165) is 36.8 Å². The Bertz CT molecular complexity index is 1180. The number of aromatic nitrogens is 1. The molecule has 8 heteroatoms. The van der Waals surface area contributed by atoms with E-state index in [9.17, 15) is 13.2 Å². The average Bonchev–Trinajstić information content (AvgIpc) is 3.30. The molecule has 1 saturated heterocycles. The van der Waals surface area contributed by atoms with Crippen LogP contribution in [-0.2, 0) is 10.0 Å². The molecule has 1 aliphatic rings. The number of amides is 1. The van der Waals surface area contributed by atoms with Gasteiger partial charge in [-0.3, -0.25) is 4.79 Å². The number of hydrogen-bond donors (Lipinski definition) is 1. The first kappa shape index (κ1) is 22.2. The fraction of sp³-hybridized carbons (Fsp3) is 0.333. The van der Waals surface area contributed by atoms with Crippen molar-refractivity contribution in [1.82, 2.24) is 9.46 Å². The van der Waals surface area contributed by atoms with Crippen LogP contribution in [0.25, 0.3) is 11.3 Å². The highest BCUT2D eigenvalue weighted by atomic mass is 32.2. The molecule has 0 spiro atoms. The first-order valence-corrected chi connectivity index (χ1v) is 12.3. The van der Waals surface area contributed by atoms with Crippen molar-refractivity contribution in [3.8, 4) is 11.3 Å². The quantitative estimate of drug-likeness (QED) is 0.576. The molecule has 4 rings (SSSR count). The molecule has 32 heavy (non-hydrogen) atoms. The monoisotopic (exact) mass is 453 g/mol. The number of nitrogens with zero attached hydrogens (tertiary/aromatic N) is 2. The molecule has 1 amide bonds. The van der Waals surface area contributed by atoms with E-state index >= 15 is 0 Å². The predicted molar refractivity (Wildman–Crippen MR) is 123 cm³/mol. The molecule has 3 aromatic rings. The second-order valence-electron chi connectivity index (χ2n) is 8.09. The first-order chi connectivity index (χ1) is 15.4. The lowest BCUT2D eigenvalue weighted by atomic mass is 10.0. The van der Waals surface area contributed by atoms with Crippen molar-refractivity contribution in [3.63, 3.8) is 0 Å². The number of carbonyl (C=O) groups excluding carboxylic acids is 1. The van der Waals surface area contributed by atoms with Crippen LogP contribution in [0.1, 0.15) is 48.7 Å². The van der Waals surface area contributed by atoms with Crippen LogP contribution in [0, 0.1) is 6.92 Å². The Morgan fingerprint density at radius 3 is 2.53 bits per heavy atom. The van der Waals surface area contributed by atoms with E-state index in [1.165, 1.54) is 12.1 Å². The highest BCUT2D eigenvalue weighted by Gasteiger charge is 2.32. The lowest BCUT2D eigenvalue weighted by Gasteiger charge is -2.34. The Labute approximate surface area is 188 Å². The summed E-state index contributed by atoms with van der Waals surface area (Å²) in [5.74, 6) is 0.0772. The highest BCUT2D eigenvalue weighted by molar-refractivity contribution is 7.89. The zero-order valence-corrected chi connectivity index (χ0v) is 19.1. The molecule has 1 N–H and O–H groups in total. The van der Waals surface area contributed by atoms with E-state index in [0.29, 0.717) is 18.0 Å². The molecule has 7 nitrogen and oxygen atoms in total. The van der Waals surface area contributed by atoms with Crippen LogP contribution in [0.15, 0.2) is 64.0 Å². The number of piperidine rings is 1. The highest BCUT2D eigenvalue weighted by Crippen LogP contribution is 2.28. The molecule has 2 heterocycles. The van der Waals surface area contributed by atoms with Crippen molar-refractivity contribution < 1.29 is 17.7 Å². The van der Waals surface area contributed by atoms with Gasteiger partial charge >= 0.3 is 0 Å². The second kappa shape index (κ2) is 9.26. The van der Waals surface area contributed by atoms with E-state index in [1.54, 1.807) is 22.5 Å². The molecular formula is C24H27N3O4S. The van der Waals surface area contributed by atoms with Crippen molar-refractivity contribution in [1.29, 1.82) is 0 Å². The summed E-state index contributed by atoms with van der Waals surface area (Å²) in [7, 11) is -3.56. The summed E-state index contributed by atoms with van der Waals surface area (Å²) in [4.78, 5) is 12.8. The van der Waals surface area contributed by atoms with Crippen LogP contribution in [0.4, 0.5) is 5.69 Å². The number of hydrogen-bond acceptors (Lipinski definition) is 5. The Morgan fingerprint density at radius 2 is 1.84 bits per heavy atom. The van der Waals surface area contributed by atoms with Crippen molar-refractivity contribution in [2.45, 2.75) is 50.5 Å². The van der Waals surface area contributed by atoms with E-state index in [2.05, 4.69) is 10.5 Å². The molecule has 168 valence electrons. The maximum absolute atomic E-state index is 13.1. The molecule has 0 radical (unpaired) electrons. The summed E-state index contributed by atoms with van der Waals surface area (Å²) in [5, 5.41) is 6.60. The van der Waals surface area contributed by atoms with Gasteiger partial charge in [0.05, 0.1) is 4.90 Å². The maximum Gasteiger partial charge on any atom is 0.277 e. The van der Waals surface area contributed by atoms with Crippen LogP contribution in [0.2, 0.25) is 0 Å². The van der Waals surface area contributed by atoms with E-state index in [4.69, 9.17) is 4.52 Å². The summed E-state index contributed by atoms with van der Waals surface area (Å²) >= 11 is 0. The molecule has 1 atom stereocenters. The Morgan fingerprint density at radius 1 is 1.12 bits per heavy atom. The number of carbonyl (C=O) groups is 1. The van der Waals surface area contributed by atoms with Gasteiger partial charge in [-0.05, 0) is 50.5 Å². The molecule has 2 aromatic carbocycles. The van der Waals surface area contributed by atoms with Gasteiger partial charge in [-0.25, -0.2) is 8.42 Å². The van der Waals surface area contributed by atoms with Gasteiger partial charge < -0.3 is 9.84 Å². The van der Waals surface area contributed by atoms with Gasteiger partial charge in [0.15, 0.2) is 11.5 Å². The van der Waals surface area contributed by atoms with Crippen LogP contribution in [0.5, 0.6) is 0 Å². The van der Waals surface area contributed by atoms with Gasteiger partial charge in [0.2, 0.25) is 10.0 Å². The van der Waals surface area contributed by atoms with Crippen LogP contribution >= 0.6 is 0 Å². The topological polar surface area (TPSA) is 92.5 Å². The van der Waals surface area contributed by atoms with Gasteiger partial charge in [0, 0.05) is 29.9 Å². The first-order valence-electron chi connectivity index (χ1n) is 10.9. The minimum atomic E-state index is -3.56. The summed E-state index contributed by atoms with van der Waals surface area (Å²) in [6, 6.07) is 15.6. The smallest absolute Gasteiger partial charge is 0.277 e. The van der Waals surface area contributed by atoms with Crippen LogP contribution < -0.4 is 5.32 Å². The van der Waals surface area contributed by atoms with E-state index in [1.807, 2.05) is 38.1 Å². The third-order valence-corrected chi connectivity index (χ3v) is 7.81. The van der Waals surface area contributed by atoms with E-state index < -0.39 is 15.9 Å². The van der Waals surface area contributed by atoms with Gasteiger partial charge in [-0.1, -0.05) is 48.3 Å². The number of nitrogens with one attached hydrogen (secondary N) is 1. The Balaban J connectivity index is 1.46. The van der Waals surface area contributed by atoms with Gasteiger partial charge in [0.25, 0.3) is 5.91 Å². The molecule has 1 aromatic heterocycles. The summed E-state index contributed by atoms with van der Waals surface area (Å²) in [6.07, 6.45) is 3.64. The van der Waals surface area contributed by atoms with Gasteiger partial charge in [0.1, 0.15) is 0 Å². The number of sulfonamides is 1. The summed E-state index contributed by atoms with van der Waals surface area (Å²) in [5.41, 5.74) is 2.60. The molecule has 1 aliphatic heterocycles. The normalized spacial score (nSPS) is 17.2. The lowest BCUT2D eigenvalue weighted by Crippen LogP contribution is -2.43. The summed E-state index contributed by atoms with van der Waals surface area (Å²) < 4.78 is 33.1. The lowest BCUT2D eigenvalue weighted by molar-refractivity contribution is 0.101. The van der Waals surface area contributed by atoms with Crippen LogP contribution in [0.3, 0.4) is 0 Å². The molecule has 0 unspecified atom stereocenters. The van der Waals surface area contributed by atoms with Crippen LogP contribution in [-0.4, -0.2) is 36.4 Å². The van der Waals surface area contributed by atoms with Crippen molar-refractivity contribution in [2.24, 2.45) is 0 Å². The molecule has 1 fully saturated rings. The maximum atomic E-state index is 13.1. The summed E-state index contributed by atoms with van der Waals surface area (Å²) in [6.45, 7) is 4.56. The van der Waals surface area contributed by atoms with E-state index in [-0.39, 0.29) is 16.6 Å². The SMILES string of the molecule is CC[C@@H]1CCCCN1S(=O)(=O)c1ccc(NC(=O)c2cc(-c3ccc(C)cc3)on2)cc1. The van der Waals surface area contributed by atoms with Crippen molar-refractivity contribution in [3.05, 3.63) is 65.9 Å². The third kappa shape index (κ3) is 4.61. The minimum Gasteiger partial charge on any atom is -0.355 e. The number of benzene rings is 2. The number of anilines is 1. The minimum absolute atomic E-state index is 0.0445. The Kier molecular flexibility index (Phi) is 6.43. The third-order valence-electron chi connectivity index (χ3n) is 5.84. The van der Waals surface area contributed by atoms with Gasteiger partial charge in [-0.2, -0.15) is 4.31 Å². The predicted octanol–water partition coefficient (Wildman–Crippen LogP) is 4.86. The molecule has 0 aliphatic carbocycles. The zero-order valence-electron chi connectivity index (χ0n) is 18.2. The van der Waals surface area contributed by atoms with Gasteiger partial charge in [-0.15, -0.1) is 0 Å². The average molecular weight is 454 g/mol. The standard InChI is InChI=1S/C24H27N3O4S/c1-3-20-6-4-5-15-27(20)32(29,30)21-13-11-19(12-14-21)25-24(28)22-16-23(31-26-22)18-9-7-17(2)8-10-18/h7-14,16,20H,3-6,15H2,1-2H3,(H,25,28)/t20-/m1/s1. The Hall–Kier alpha value is -2.97. The second-order valence-corrected chi connectivity index (χ2v) is 9.99. The van der Waals surface area contributed by atoms with Crippen molar-refractivity contribution in [2.75, 3.05) is 11.9 Å². The number of rotatable bonds is 6.